The van der Waals surface area contributed by atoms with E-state index in [0.717, 1.165) is 6.07 Å². The van der Waals surface area contributed by atoms with E-state index < -0.39 is 4.92 Å². The maximum Gasteiger partial charge on any atom is 0.313 e. The van der Waals surface area contributed by atoms with Gasteiger partial charge in [-0.25, -0.2) is 5.84 Å². The molecule has 0 aliphatic heterocycles. The van der Waals surface area contributed by atoms with E-state index in [0.29, 0.717) is 9.99 Å². The molecule has 0 fully saturated rings. The second-order valence-corrected chi connectivity index (χ2v) is 4.86. The van der Waals surface area contributed by atoms with E-state index in [1.165, 1.54) is 6.07 Å². The van der Waals surface area contributed by atoms with Crippen LogP contribution in [0.4, 0.5) is 5.69 Å². The van der Waals surface area contributed by atoms with Crippen molar-refractivity contribution >= 4 is 34.2 Å². The van der Waals surface area contributed by atoms with Crippen molar-refractivity contribution in [3.05, 3.63) is 31.4 Å². The zero-order valence-electron chi connectivity index (χ0n) is 10.3. The summed E-state index contributed by atoms with van der Waals surface area (Å²) in [4.78, 5) is 21.3. The summed E-state index contributed by atoms with van der Waals surface area (Å²) in [6.45, 7) is 0.135. The van der Waals surface area contributed by atoms with Gasteiger partial charge in [0.05, 0.1) is 26.7 Å². The number of ether oxygens (including phenoxy) is 1. The second-order valence-electron chi connectivity index (χ2n) is 3.69. The summed E-state index contributed by atoms with van der Waals surface area (Å²) in [5.74, 6) is 4.69. The molecule has 0 spiro atoms. The molecule has 0 saturated heterocycles. The molecule has 1 rings (SSSR count). The number of rotatable bonds is 6. The summed E-state index contributed by atoms with van der Waals surface area (Å²) >= 11 is 1.86. The number of benzene rings is 1. The summed E-state index contributed by atoms with van der Waals surface area (Å²) < 4.78 is 5.81. The molecule has 0 saturated carbocycles. The number of halogens is 1. The predicted octanol–water partition coefficient (Wildman–Crippen LogP) is 1.22. The molecule has 1 aromatic rings. The molecule has 1 amide bonds. The van der Waals surface area contributed by atoms with Crippen LogP contribution in [0, 0.1) is 25.0 Å². The lowest BCUT2D eigenvalue weighted by Crippen LogP contribution is -2.30. The molecule has 9 heteroatoms. The van der Waals surface area contributed by atoms with Crippen molar-refractivity contribution in [2.24, 2.45) is 5.84 Å². The second kappa shape index (κ2) is 7.61. The highest BCUT2D eigenvalue weighted by molar-refractivity contribution is 14.1. The van der Waals surface area contributed by atoms with Crippen molar-refractivity contribution < 1.29 is 14.5 Å². The van der Waals surface area contributed by atoms with Crippen LogP contribution >= 0.6 is 22.6 Å². The van der Waals surface area contributed by atoms with Gasteiger partial charge in [-0.15, -0.1) is 0 Å². The number of amides is 1. The maximum absolute atomic E-state index is 11.0. The van der Waals surface area contributed by atoms with E-state index in [-0.39, 0.29) is 35.9 Å². The Kier molecular flexibility index (Phi) is 6.13. The van der Waals surface area contributed by atoms with Crippen LogP contribution < -0.4 is 16.0 Å². The van der Waals surface area contributed by atoms with Crippen molar-refractivity contribution in [3.8, 4) is 11.8 Å². The Morgan fingerprint density at radius 1 is 1.60 bits per heavy atom. The van der Waals surface area contributed by atoms with Crippen LogP contribution in [0.15, 0.2) is 12.1 Å². The fraction of sp³-hybridized carbons (Fsp3) is 0.273. The zero-order valence-corrected chi connectivity index (χ0v) is 12.4. The minimum absolute atomic E-state index is 0.0998. The van der Waals surface area contributed by atoms with Crippen molar-refractivity contribution in [1.82, 2.24) is 5.43 Å². The Balaban J connectivity index is 2.81. The third-order valence-electron chi connectivity index (χ3n) is 2.31. The number of nitro benzene ring substituents is 1. The fourth-order valence-electron chi connectivity index (χ4n) is 1.40. The van der Waals surface area contributed by atoms with Crippen molar-refractivity contribution in [3.63, 3.8) is 0 Å². The van der Waals surface area contributed by atoms with E-state index in [4.69, 9.17) is 15.8 Å². The van der Waals surface area contributed by atoms with Crippen LogP contribution in [-0.4, -0.2) is 17.4 Å². The molecular formula is C11H11IN4O4. The van der Waals surface area contributed by atoms with E-state index in [1.54, 1.807) is 0 Å². The first kappa shape index (κ1) is 16.1. The Bertz CT molecular complexity index is 570. The minimum atomic E-state index is -0.606. The number of nitro groups is 1. The highest BCUT2D eigenvalue weighted by Crippen LogP contribution is 2.33. The van der Waals surface area contributed by atoms with Crippen LogP contribution in [0.3, 0.4) is 0 Å². The maximum atomic E-state index is 11.0. The predicted molar refractivity (Wildman–Crippen MR) is 77.6 cm³/mol. The molecule has 0 aliphatic carbocycles. The first-order chi connectivity index (χ1) is 9.49. The monoisotopic (exact) mass is 390 g/mol. The Labute approximate surface area is 128 Å². The molecule has 0 bridgehead atoms. The van der Waals surface area contributed by atoms with Crippen molar-refractivity contribution in [1.29, 1.82) is 5.26 Å². The van der Waals surface area contributed by atoms with E-state index in [1.807, 2.05) is 34.1 Å². The van der Waals surface area contributed by atoms with Gasteiger partial charge in [0.2, 0.25) is 11.7 Å². The smallest absolute Gasteiger partial charge is 0.313 e. The Hall–Kier alpha value is -1.93. The largest absolute Gasteiger partial charge is 0.486 e. The molecule has 0 aromatic heterocycles. The third-order valence-corrected chi connectivity index (χ3v) is 3.11. The van der Waals surface area contributed by atoms with Gasteiger partial charge in [0.15, 0.2) is 0 Å². The van der Waals surface area contributed by atoms with Crippen LogP contribution in [0.5, 0.6) is 5.75 Å². The summed E-state index contributed by atoms with van der Waals surface area (Å²) in [6.07, 6.45) is 0.535. The standard InChI is InChI=1S/C11H11IN4O4/c12-8-4-7(6-13)5-9(16(18)19)11(8)20-3-1-2-10(17)15-14/h4-5H,1-3,14H2,(H,15,17). The number of hydrazine groups is 1. The van der Waals surface area contributed by atoms with Crippen LogP contribution in [0.1, 0.15) is 18.4 Å². The number of nitrogens with two attached hydrogens (primary N) is 1. The summed E-state index contributed by atoms with van der Waals surface area (Å²) in [7, 11) is 0. The van der Waals surface area contributed by atoms with Gasteiger partial charge in [-0.3, -0.25) is 20.3 Å². The van der Waals surface area contributed by atoms with Gasteiger partial charge in [-0.2, -0.15) is 5.26 Å². The van der Waals surface area contributed by atoms with Gasteiger partial charge in [-0.05, 0) is 35.1 Å². The normalized spacial score (nSPS) is 9.65. The number of nitrogens with zero attached hydrogens (tertiary/aromatic N) is 2. The van der Waals surface area contributed by atoms with E-state index >= 15 is 0 Å². The molecule has 8 nitrogen and oxygen atoms in total. The first-order valence-corrected chi connectivity index (χ1v) is 6.57. The first-order valence-electron chi connectivity index (χ1n) is 5.50. The number of nitriles is 1. The number of nitrogens with one attached hydrogen (secondary N) is 1. The third kappa shape index (κ3) is 4.32. The van der Waals surface area contributed by atoms with E-state index in [2.05, 4.69) is 0 Å². The summed E-state index contributed by atoms with van der Waals surface area (Å²) in [5.41, 5.74) is 1.90. The summed E-state index contributed by atoms with van der Waals surface area (Å²) in [6, 6.07) is 4.50. The molecule has 20 heavy (non-hydrogen) atoms. The van der Waals surface area contributed by atoms with Crippen LogP contribution in [0.2, 0.25) is 0 Å². The van der Waals surface area contributed by atoms with Gasteiger partial charge in [0.1, 0.15) is 0 Å². The molecule has 0 radical (unpaired) electrons. The number of carbonyl (C=O) groups is 1. The molecule has 0 aliphatic rings. The van der Waals surface area contributed by atoms with Gasteiger partial charge in [0.25, 0.3) is 0 Å². The lowest BCUT2D eigenvalue weighted by atomic mass is 10.2. The number of hydrogen-bond acceptors (Lipinski definition) is 6. The van der Waals surface area contributed by atoms with E-state index in [9.17, 15) is 14.9 Å². The summed E-state index contributed by atoms with van der Waals surface area (Å²) in [5, 5.41) is 19.8. The highest BCUT2D eigenvalue weighted by Gasteiger charge is 2.20. The number of hydrogen-bond donors (Lipinski definition) is 2. The molecule has 1 aromatic carbocycles. The zero-order chi connectivity index (χ0) is 15.1. The van der Waals surface area contributed by atoms with Crippen molar-refractivity contribution in [2.45, 2.75) is 12.8 Å². The van der Waals surface area contributed by atoms with Crippen molar-refractivity contribution in [2.75, 3.05) is 6.61 Å². The average Bonchev–Trinajstić information content (AvgIpc) is 2.43. The Morgan fingerprint density at radius 2 is 2.30 bits per heavy atom. The van der Waals surface area contributed by atoms with Crippen LogP contribution in [-0.2, 0) is 4.79 Å². The quantitative estimate of drug-likeness (QED) is 0.188. The topological polar surface area (TPSA) is 131 Å². The fourth-order valence-corrected chi connectivity index (χ4v) is 2.17. The van der Waals surface area contributed by atoms with Gasteiger partial charge < -0.3 is 4.74 Å². The molecule has 0 unspecified atom stereocenters. The van der Waals surface area contributed by atoms with Crippen LogP contribution in [0.25, 0.3) is 0 Å². The molecule has 106 valence electrons. The molecule has 3 N–H and O–H groups in total. The molecule has 0 atom stereocenters. The van der Waals surface area contributed by atoms with Gasteiger partial charge in [-0.1, -0.05) is 0 Å². The molecule has 0 heterocycles. The average molecular weight is 390 g/mol. The van der Waals surface area contributed by atoms with Gasteiger partial charge >= 0.3 is 5.69 Å². The molecular weight excluding hydrogens is 379 g/mol. The van der Waals surface area contributed by atoms with Gasteiger partial charge in [0, 0.05) is 12.5 Å². The Morgan fingerprint density at radius 3 is 2.85 bits per heavy atom. The highest BCUT2D eigenvalue weighted by atomic mass is 127. The number of carbonyl (C=O) groups excluding carboxylic acids is 1. The lowest BCUT2D eigenvalue weighted by Gasteiger charge is -2.08. The SMILES string of the molecule is N#Cc1cc(I)c(OCCCC(=O)NN)c([N+](=O)[O-])c1. The minimum Gasteiger partial charge on any atom is -0.486 e. The lowest BCUT2D eigenvalue weighted by molar-refractivity contribution is -0.386.